The number of nitrogens with one attached hydrogen (secondary N) is 2. The summed E-state index contributed by atoms with van der Waals surface area (Å²) in [6.07, 6.45) is 0.875. The van der Waals surface area contributed by atoms with Crippen molar-refractivity contribution in [2.45, 2.75) is 12.8 Å². The Morgan fingerprint density at radius 3 is 2.42 bits per heavy atom. The molecule has 0 radical (unpaired) electrons. The van der Waals surface area contributed by atoms with E-state index in [1.54, 1.807) is 12.1 Å². The zero-order chi connectivity index (χ0) is 23.0. The second-order valence-corrected chi connectivity index (χ2v) is 8.46. The van der Waals surface area contributed by atoms with Crippen LogP contribution in [0.15, 0.2) is 95.5 Å². The first kappa shape index (κ1) is 22.6. The molecule has 0 saturated heterocycles. The molecule has 5 nitrogen and oxygen atoms in total. The van der Waals surface area contributed by atoms with Gasteiger partial charge in [-0.25, -0.2) is 0 Å². The fraction of sp³-hybridized carbons (Fsp3) is 0.111. The summed E-state index contributed by atoms with van der Waals surface area (Å²) in [5.41, 5.74) is 7.40. The van der Waals surface area contributed by atoms with Crippen LogP contribution >= 0.6 is 15.9 Å². The normalized spacial score (nSPS) is 10.6. The van der Waals surface area contributed by atoms with Crippen molar-refractivity contribution >= 4 is 38.5 Å². The zero-order valence-electron chi connectivity index (χ0n) is 17.9. The monoisotopic (exact) mass is 502 g/mol. The lowest BCUT2D eigenvalue weighted by Gasteiger charge is -2.13. The van der Waals surface area contributed by atoms with Crippen molar-refractivity contribution in [1.29, 1.82) is 0 Å². The minimum Gasteiger partial charge on any atom is -0.492 e. The summed E-state index contributed by atoms with van der Waals surface area (Å²) in [6.45, 7) is 0.430. The van der Waals surface area contributed by atoms with Crippen molar-refractivity contribution in [1.82, 2.24) is 10.9 Å². The second-order valence-electron chi connectivity index (χ2n) is 7.54. The number of carbonyl (C=O) groups is 2. The van der Waals surface area contributed by atoms with Gasteiger partial charge in [0.1, 0.15) is 5.75 Å². The molecule has 6 heteroatoms. The molecule has 0 saturated carbocycles. The molecule has 0 bridgehead atoms. The van der Waals surface area contributed by atoms with Gasteiger partial charge in [-0.1, -0.05) is 88.7 Å². The number of carbonyl (C=O) groups excluding carboxylic acids is 2. The number of fused-ring (bicyclic) bond motifs is 1. The van der Waals surface area contributed by atoms with E-state index < -0.39 is 5.91 Å². The molecule has 0 atom stereocenters. The van der Waals surface area contributed by atoms with E-state index >= 15 is 0 Å². The van der Waals surface area contributed by atoms with Gasteiger partial charge < -0.3 is 4.74 Å². The van der Waals surface area contributed by atoms with Crippen LogP contribution in [0.25, 0.3) is 10.8 Å². The first-order valence-corrected chi connectivity index (χ1v) is 11.4. The molecule has 0 aliphatic rings. The molecule has 166 valence electrons. The number of amides is 2. The summed E-state index contributed by atoms with van der Waals surface area (Å²) in [5, 5.41) is 2.08. The van der Waals surface area contributed by atoms with Crippen LogP contribution in [0.4, 0.5) is 0 Å². The fourth-order valence-electron chi connectivity index (χ4n) is 3.59. The van der Waals surface area contributed by atoms with Gasteiger partial charge >= 0.3 is 0 Å². The lowest BCUT2D eigenvalue weighted by Crippen LogP contribution is -2.42. The highest BCUT2D eigenvalue weighted by Gasteiger charge is 2.15. The smallest absolute Gasteiger partial charge is 0.273 e. The van der Waals surface area contributed by atoms with Crippen LogP contribution in [0.5, 0.6) is 5.75 Å². The van der Waals surface area contributed by atoms with Crippen molar-refractivity contribution in [3.05, 3.63) is 112 Å². The van der Waals surface area contributed by atoms with Crippen LogP contribution in [-0.4, -0.2) is 18.4 Å². The Morgan fingerprint density at radius 1 is 0.818 bits per heavy atom. The van der Waals surface area contributed by atoms with E-state index in [4.69, 9.17) is 4.74 Å². The Morgan fingerprint density at radius 2 is 1.58 bits per heavy atom. The highest BCUT2D eigenvalue weighted by Crippen LogP contribution is 2.23. The van der Waals surface area contributed by atoms with Crippen LogP contribution in [0.1, 0.15) is 21.5 Å². The van der Waals surface area contributed by atoms with Crippen molar-refractivity contribution in [2.75, 3.05) is 6.61 Å². The molecule has 0 spiro atoms. The number of halogens is 1. The number of hydrogen-bond donors (Lipinski definition) is 2. The number of rotatable bonds is 7. The Kier molecular flexibility index (Phi) is 7.37. The molecule has 0 aromatic heterocycles. The van der Waals surface area contributed by atoms with Gasteiger partial charge in [-0.2, -0.15) is 0 Å². The summed E-state index contributed by atoms with van der Waals surface area (Å²) in [6, 6.07) is 28.9. The quantitative estimate of drug-likeness (QED) is 0.340. The summed E-state index contributed by atoms with van der Waals surface area (Å²) >= 11 is 3.39. The molecular weight excluding hydrogens is 480 g/mol. The predicted octanol–water partition coefficient (Wildman–Crippen LogP) is 5.23. The van der Waals surface area contributed by atoms with E-state index in [2.05, 4.69) is 26.8 Å². The number of ether oxygens (including phenoxy) is 1. The van der Waals surface area contributed by atoms with Crippen LogP contribution < -0.4 is 15.6 Å². The fourth-order valence-corrected chi connectivity index (χ4v) is 3.95. The second kappa shape index (κ2) is 10.8. The number of benzene rings is 4. The number of hydrogen-bond acceptors (Lipinski definition) is 3. The third-order valence-electron chi connectivity index (χ3n) is 5.22. The molecule has 0 heterocycles. The molecule has 0 unspecified atom stereocenters. The maximum Gasteiger partial charge on any atom is 0.273 e. The lowest BCUT2D eigenvalue weighted by atomic mass is 10.0. The summed E-state index contributed by atoms with van der Waals surface area (Å²) < 4.78 is 6.61. The molecule has 2 N–H and O–H groups in total. The summed E-state index contributed by atoms with van der Waals surface area (Å²) in [5.74, 6) is -0.298. The average molecular weight is 503 g/mol. The van der Waals surface area contributed by atoms with Crippen molar-refractivity contribution in [3.8, 4) is 5.75 Å². The van der Waals surface area contributed by atoms with Gasteiger partial charge in [0.25, 0.3) is 5.91 Å². The van der Waals surface area contributed by atoms with Gasteiger partial charge in [-0.15, -0.1) is 0 Å². The molecule has 2 amide bonds. The van der Waals surface area contributed by atoms with Crippen molar-refractivity contribution in [3.63, 3.8) is 0 Å². The summed E-state index contributed by atoms with van der Waals surface area (Å²) in [7, 11) is 0. The highest BCUT2D eigenvalue weighted by atomic mass is 79.9. The van der Waals surface area contributed by atoms with E-state index in [9.17, 15) is 9.59 Å². The van der Waals surface area contributed by atoms with E-state index in [0.29, 0.717) is 17.9 Å². The van der Waals surface area contributed by atoms with Crippen LogP contribution in [0.3, 0.4) is 0 Å². The van der Waals surface area contributed by atoms with Gasteiger partial charge in [-0.3, -0.25) is 20.4 Å². The molecule has 0 aliphatic heterocycles. The minimum absolute atomic E-state index is 0.153. The zero-order valence-corrected chi connectivity index (χ0v) is 19.5. The van der Waals surface area contributed by atoms with E-state index in [0.717, 1.165) is 32.8 Å². The maximum absolute atomic E-state index is 12.8. The minimum atomic E-state index is -0.447. The third kappa shape index (κ3) is 5.99. The van der Waals surface area contributed by atoms with E-state index in [1.807, 2.05) is 78.9 Å². The first-order chi connectivity index (χ1) is 16.1. The SMILES string of the molecule is O=C(Cc1cccc2ccccc12)NNC(=O)c1cc(Br)ccc1OCCc1ccccc1. The average Bonchev–Trinajstić information content (AvgIpc) is 2.84. The number of hydrazine groups is 1. The van der Waals surface area contributed by atoms with E-state index in [-0.39, 0.29) is 12.3 Å². The van der Waals surface area contributed by atoms with Gasteiger partial charge in [0.05, 0.1) is 18.6 Å². The molecule has 0 fully saturated rings. The Bertz CT molecular complexity index is 1270. The highest BCUT2D eigenvalue weighted by molar-refractivity contribution is 9.10. The topological polar surface area (TPSA) is 67.4 Å². The van der Waals surface area contributed by atoms with Crippen LogP contribution in [0.2, 0.25) is 0 Å². The molecular formula is C27H23BrN2O3. The van der Waals surface area contributed by atoms with Crippen LogP contribution in [-0.2, 0) is 17.6 Å². The largest absolute Gasteiger partial charge is 0.492 e. The molecule has 0 aliphatic carbocycles. The van der Waals surface area contributed by atoms with Gasteiger partial charge in [0.15, 0.2) is 0 Å². The molecule has 33 heavy (non-hydrogen) atoms. The molecule has 4 rings (SSSR count). The maximum atomic E-state index is 12.8. The van der Waals surface area contributed by atoms with Crippen molar-refractivity contribution in [2.24, 2.45) is 0 Å². The molecule has 4 aromatic rings. The summed E-state index contributed by atoms with van der Waals surface area (Å²) in [4.78, 5) is 25.3. The van der Waals surface area contributed by atoms with E-state index in [1.165, 1.54) is 0 Å². The van der Waals surface area contributed by atoms with Crippen molar-refractivity contribution < 1.29 is 14.3 Å². The lowest BCUT2D eigenvalue weighted by molar-refractivity contribution is -0.121. The van der Waals surface area contributed by atoms with Gasteiger partial charge in [0, 0.05) is 10.9 Å². The third-order valence-corrected chi connectivity index (χ3v) is 5.72. The Labute approximate surface area is 200 Å². The van der Waals surface area contributed by atoms with Crippen LogP contribution in [0, 0.1) is 0 Å². The van der Waals surface area contributed by atoms with Gasteiger partial charge in [0.2, 0.25) is 5.91 Å². The first-order valence-electron chi connectivity index (χ1n) is 10.6. The predicted molar refractivity (Wildman–Crippen MR) is 133 cm³/mol. The Balaban J connectivity index is 1.37. The molecule has 4 aromatic carbocycles. The Hall–Kier alpha value is -3.64. The van der Waals surface area contributed by atoms with Gasteiger partial charge in [-0.05, 0) is 40.1 Å². The standard InChI is InChI=1S/C27H23BrN2O3/c28-22-13-14-25(33-16-15-19-7-2-1-3-8-19)24(18-22)27(32)30-29-26(31)17-21-11-6-10-20-9-4-5-12-23(20)21/h1-14,18H,15-17H2,(H,29,31)(H,30,32).